The highest BCUT2D eigenvalue weighted by Crippen LogP contribution is 2.28. The van der Waals surface area contributed by atoms with Crippen molar-refractivity contribution >= 4 is 58.5 Å². The van der Waals surface area contributed by atoms with Crippen molar-refractivity contribution in [1.82, 2.24) is 46.1 Å². The molecule has 6 unspecified atom stereocenters. The lowest BCUT2D eigenvalue weighted by Crippen LogP contribution is -2.51. The van der Waals surface area contributed by atoms with Crippen LogP contribution in [0.15, 0.2) is 139 Å². The molecule has 15 N–H and O–H groups in total. The number of para-hydroxylation sites is 1. The van der Waals surface area contributed by atoms with E-state index in [-0.39, 0.29) is 47.6 Å². The van der Waals surface area contributed by atoms with Crippen LogP contribution in [0.5, 0.6) is 17.2 Å². The summed E-state index contributed by atoms with van der Waals surface area (Å²) in [6.07, 6.45) is 19.6. The molecule has 1 saturated carbocycles. The maximum Gasteiger partial charge on any atom is 0.256 e. The quantitative estimate of drug-likeness (QED) is 0.00963. The zero-order valence-electron chi connectivity index (χ0n) is 72.4. The average Bonchev–Trinajstić information content (AvgIpc) is 0.841. The fourth-order valence-electron chi connectivity index (χ4n) is 12.2. The Kier molecular flexibility index (Phi) is 49.7. The van der Waals surface area contributed by atoms with Gasteiger partial charge >= 0.3 is 0 Å². The van der Waals surface area contributed by atoms with E-state index in [1.165, 1.54) is 88.8 Å². The molecule has 37 heteroatoms. The smallest absolute Gasteiger partial charge is 0.256 e. The number of carbonyl (C=O) groups excluding carboxylic acids is 10. The Morgan fingerprint density at radius 1 is 0.449 bits per heavy atom. The normalized spacial score (nSPS) is 13.0. The monoisotopic (exact) mass is 1790 g/mol. The Hall–Kier alpha value is -11.6. The number of methoxy groups -OCH3 is 1. The predicted molar refractivity (Wildman–Crippen MR) is 459 cm³/mol. The number of ether oxygens (including phenoxy) is 4. The fraction of sp³-hybridized carbons (Fsp3) is 0.467. The molecule has 694 valence electrons. The minimum absolute atomic E-state index is 0.00756. The molecule has 0 radical (unpaired) electrons. The summed E-state index contributed by atoms with van der Waals surface area (Å²) in [5, 5.41) is 13.3. The van der Waals surface area contributed by atoms with Gasteiger partial charge in [-0.15, -0.1) is 0 Å². The molecule has 0 spiro atoms. The van der Waals surface area contributed by atoms with E-state index in [4.69, 9.17) is 47.6 Å². The summed E-state index contributed by atoms with van der Waals surface area (Å²) in [6.45, 7) is 7.79. The number of hydrogen-bond acceptors (Lipinski definition) is 23. The number of nitrogens with two attached hydrogens (primary N) is 5. The van der Waals surface area contributed by atoms with Crippen molar-refractivity contribution in [3.05, 3.63) is 213 Å². The highest BCUT2D eigenvalue weighted by atomic mass is 19.2. The van der Waals surface area contributed by atoms with Gasteiger partial charge in [-0.05, 0) is 249 Å². The number of Topliss-reactive ketones (excluding diaryl/α,β-unsaturated/α-hetero) is 5. The first-order valence-electron chi connectivity index (χ1n) is 41.8. The SMILES string of the molecule is CC(F)C(=O)C(CCCCN)NC(=O)c1ccccc1.COC(C)(C)C(=O)NC(CCCCN)C(=O)COc1c(F)ccc(F)c1F.Cc1ccc(F)c(OCC(=O)C(CCCCN)NC(=O)c2cccnc2)c1F.Cc1cncn(CC(=O)C(CCCCN)NC(=O)C2CCCC2)c1=O.NCCCCC(NC(=O)c1cccnc1)C(=O)COc1c(F)cccc1F. The summed E-state index contributed by atoms with van der Waals surface area (Å²) in [5.74, 6) is -13.9. The topological polar surface area (TPSA) is 459 Å². The number of halogens is 8. The average molecular weight is 1790 g/mol. The summed E-state index contributed by atoms with van der Waals surface area (Å²) in [5.41, 5.74) is 27.6. The van der Waals surface area contributed by atoms with Gasteiger partial charge in [0.25, 0.3) is 29.2 Å². The van der Waals surface area contributed by atoms with Crippen molar-refractivity contribution in [3.63, 3.8) is 0 Å². The van der Waals surface area contributed by atoms with Crippen LogP contribution >= 0.6 is 0 Å². The summed E-state index contributed by atoms with van der Waals surface area (Å²) >= 11 is 0. The number of unbranched alkanes of at least 4 members (excludes halogenated alkanes) is 5. The fourth-order valence-corrected chi connectivity index (χ4v) is 12.2. The minimum Gasteiger partial charge on any atom is -0.480 e. The molecule has 1 aliphatic carbocycles. The van der Waals surface area contributed by atoms with Gasteiger partial charge in [0.15, 0.2) is 87.2 Å². The summed E-state index contributed by atoms with van der Waals surface area (Å²) in [4.78, 5) is 147. The number of pyridine rings is 2. The van der Waals surface area contributed by atoms with Crippen LogP contribution < -0.4 is 75.0 Å². The Morgan fingerprint density at radius 2 is 0.843 bits per heavy atom. The van der Waals surface area contributed by atoms with Crippen LogP contribution in [-0.4, -0.2) is 180 Å². The number of amides is 5. The van der Waals surface area contributed by atoms with Crippen LogP contribution in [0.3, 0.4) is 0 Å². The predicted octanol–water partition coefficient (Wildman–Crippen LogP) is 9.64. The molecular formula is C90H118F8N14O15. The summed E-state index contributed by atoms with van der Waals surface area (Å²) < 4.78 is 130. The second-order valence-corrected chi connectivity index (χ2v) is 30.1. The lowest BCUT2D eigenvalue weighted by molar-refractivity contribution is -0.142. The van der Waals surface area contributed by atoms with Crippen molar-refractivity contribution in [2.75, 3.05) is 59.7 Å². The molecule has 0 bridgehead atoms. The Bertz CT molecular complexity index is 4660. The number of aryl methyl sites for hydroxylation is 2. The van der Waals surface area contributed by atoms with Crippen LogP contribution in [0, 0.1) is 60.5 Å². The molecule has 0 saturated heterocycles. The molecule has 0 aliphatic heterocycles. The first-order chi connectivity index (χ1) is 60.7. The van der Waals surface area contributed by atoms with E-state index >= 15 is 0 Å². The van der Waals surface area contributed by atoms with Gasteiger partial charge in [0.05, 0.1) is 54.2 Å². The highest BCUT2D eigenvalue weighted by molar-refractivity contribution is 6.00. The maximum absolute atomic E-state index is 14.0. The van der Waals surface area contributed by atoms with E-state index in [0.29, 0.717) is 138 Å². The third-order valence-electron chi connectivity index (χ3n) is 19.9. The van der Waals surface area contributed by atoms with Crippen LogP contribution in [0.1, 0.15) is 185 Å². The molecule has 6 atom stereocenters. The molecule has 1 aliphatic rings. The molecule has 8 rings (SSSR count). The Morgan fingerprint density at radius 3 is 1.28 bits per heavy atom. The zero-order chi connectivity index (χ0) is 94.0. The molecule has 3 aromatic heterocycles. The number of hydrogen-bond donors (Lipinski definition) is 10. The van der Waals surface area contributed by atoms with Gasteiger partial charge in [-0.25, -0.2) is 35.7 Å². The molecule has 4 aromatic carbocycles. The van der Waals surface area contributed by atoms with Crippen LogP contribution in [-0.2, 0) is 44.8 Å². The largest absolute Gasteiger partial charge is 0.480 e. The first-order valence-corrected chi connectivity index (χ1v) is 41.8. The van der Waals surface area contributed by atoms with Gasteiger partial charge in [0.1, 0.15) is 25.4 Å². The molecule has 3 heterocycles. The summed E-state index contributed by atoms with van der Waals surface area (Å²) in [7, 11) is 1.35. The molecule has 127 heavy (non-hydrogen) atoms. The lowest BCUT2D eigenvalue weighted by Gasteiger charge is -2.25. The lowest BCUT2D eigenvalue weighted by atomic mass is 10.0. The van der Waals surface area contributed by atoms with Gasteiger partial charge < -0.3 is 74.2 Å². The second-order valence-electron chi connectivity index (χ2n) is 30.1. The van der Waals surface area contributed by atoms with Gasteiger partial charge in [-0.1, -0.05) is 43.2 Å². The number of alkyl halides is 1. The number of ketones is 5. The Balaban J connectivity index is 0.000000334. The van der Waals surface area contributed by atoms with E-state index in [1.807, 2.05) is 0 Å². The van der Waals surface area contributed by atoms with E-state index in [2.05, 4.69) is 41.5 Å². The number of rotatable bonds is 48. The van der Waals surface area contributed by atoms with Crippen LogP contribution in [0.4, 0.5) is 35.1 Å². The van der Waals surface area contributed by atoms with E-state index in [1.54, 1.807) is 61.5 Å². The van der Waals surface area contributed by atoms with Gasteiger partial charge in [-0.3, -0.25) is 67.3 Å². The molecular weight excluding hydrogens is 1670 g/mol. The van der Waals surface area contributed by atoms with Gasteiger partial charge in [0.2, 0.25) is 11.7 Å². The van der Waals surface area contributed by atoms with Crippen molar-refractivity contribution in [3.8, 4) is 17.2 Å². The molecule has 1 fully saturated rings. The Labute approximate surface area is 733 Å². The molecule has 5 amide bonds. The minimum atomic E-state index is -1.59. The summed E-state index contributed by atoms with van der Waals surface area (Å²) in [6, 6.07) is 17.8. The second kappa shape index (κ2) is 58.6. The molecule has 29 nitrogen and oxygen atoms in total. The van der Waals surface area contributed by atoms with Crippen molar-refractivity contribution < 1.29 is 102 Å². The van der Waals surface area contributed by atoms with Crippen LogP contribution in [0.2, 0.25) is 0 Å². The third-order valence-corrected chi connectivity index (χ3v) is 19.9. The van der Waals surface area contributed by atoms with Crippen molar-refractivity contribution in [2.45, 2.75) is 205 Å². The number of aromatic nitrogens is 4. The van der Waals surface area contributed by atoms with Crippen molar-refractivity contribution in [2.24, 2.45) is 34.6 Å². The van der Waals surface area contributed by atoms with E-state index < -0.39 is 161 Å². The first kappa shape index (κ1) is 108. The van der Waals surface area contributed by atoms with Crippen molar-refractivity contribution in [1.29, 1.82) is 0 Å². The molecule has 7 aromatic rings. The number of benzene rings is 4. The standard InChI is InChI=1S/C20H23F2N3O3.C19H21F2N3O3.C18H25F3N2O4.C18H28N4O3.C15H21FN2O2/c1-13-7-8-15(21)19(18(13)22)28-12-17(26)16(6-2-3-9-23)25-20(27)14-5-4-10-24-11-14;20-14-6-3-7-15(21)18(14)27-12-17(25)16(8-1-2-9-22)24-19(26)13-5-4-10-23-11-13;1-18(2,26-3)17(25)23-13(6-4-5-9-22)14(24)10-27-16-12(20)8-7-11(19)15(16)21;1-13-10-20-12-22(18(13)25)11-16(23)15(8-4-5-9-19)21-17(24)14-6-2-3-7-14;1-11(16)14(19)13(9-5-6-10-17)18-15(20)12-7-3-2-4-8-12/h4-5,7-8,10-11,16H,2-3,6,9,12,23H2,1H3,(H,25,27);3-7,10-11,16H,1-2,8-9,12,22H2,(H,24,26);7-8,13H,4-6,9-10,22H2,1-3H3,(H,23,25);10,12,14-15H,2-9,11,19H2,1H3,(H,21,24);2-4,7-8,11,13H,5-6,9-10,17H2,1H3,(H,18,20). The van der Waals surface area contributed by atoms with E-state index in [9.17, 15) is 87.9 Å². The van der Waals surface area contributed by atoms with E-state index in [0.717, 1.165) is 63.1 Å². The number of nitrogens with one attached hydrogen (secondary N) is 5. The van der Waals surface area contributed by atoms with Crippen LogP contribution in [0.25, 0.3) is 0 Å². The maximum atomic E-state index is 14.0. The van der Waals surface area contributed by atoms with Gasteiger partial charge in [-0.2, -0.15) is 4.39 Å². The zero-order valence-corrected chi connectivity index (χ0v) is 72.4. The number of nitrogens with zero attached hydrogens (tertiary/aromatic N) is 4. The highest BCUT2D eigenvalue weighted by Gasteiger charge is 2.34. The third kappa shape index (κ3) is 38.2. The van der Waals surface area contributed by atoms with Gasteiger partial charge in [0, 0.05) is 55.1 Å². The number of carbonyl (C=O) groups is 10.